The van der Waals surface area contributed by atoms with E-state index in [9.17, 15) is 4.79 Å². The van der Waals surface area contributed by atoms with Crippen molar-refractivity contribution in [2.24, 2.45) is 17.3 Å². The van der Waals surface area contributed by atoms with Crippen molar-refractivity contribution in [3.05, 3.63) is 47.4 Å². The summed E-state index contributed by atoms with van der Waals surface area (Å²) in [5, 5.41) is 3.05. The smallest absolute Gasteiger partial charge is 0.224 e. The molecule has 4 nitrogen and oxygen atoms in total. The molecule has 0 spiro atoms. The fourth-order valence-corrected chi connectivity index (χ4v) is 3.38. The molecule has 0 radical (unpaired) electrons. The van der Waals surface area contributed by atoms with Gasteiger partial charge in [-0.2, -0.15) is 0 Å². The molecule has 0 unspecified atom stereocenters. The van der Waals surface area contributed by atoms with E-state index < -0.39 is 0 Å². The zero-order valence-corrected chi connectivity index (χ0v) is 14.6. The fourth-order valence-electron chi connectivity index (χ4n) is 3.38. The molecule has 23 heavy (non-hydrogen) atoms. The number of fused-ring (bicyclic) bond motifs is 1. The highest BCUT2D eigenvalue weighted by Crippen LogP contribution is 2.59. The predicted octanol–water partition coefficient (Wildman–Crippen LogP) is 3.50. The minimum Gasteiger partial charge on any atom is -0.350 e. The Kier molecular flexibility index (Phi) is 3.78. The summed E-state index contributed by atoms with van der Waals surface area (Å²) in [5.74, 6) is 0.540. The topological polar surface area (TPSA) is 46.4 Å². The normalized spacial score (nSPS) is 22.0. The van der Waals surface area contributed by atoms with Gasteiger partial charge < -0.3 is 9.72 Å². The van der Waals surface area contributed by atoms with Crippen LogP contribution in [0.5, 0.6) is 0 Å². The lowest BCUT2D eigenvalue weighted by Crippen LogP contribution is -2.26. The molecule has 122 valence electrons. The molecule has 2 aromatic heterocycles. The van der Waals surface area contributed by atoms with Crippen molar-refractivity contribution >= 4 is 11.6 Å². The molecule has 0 aliphatic heterocycles. The molecule has 3 rings (SSSR count). The number of aryl methyl sites for hydroxylation is 1. The SMILES string of the molecule is CC(C)=C[C@@H]1[C@@H](C(=O)NCc2cn3cc(C)ccc3n2)C1(C)C. The first-order chi connectivity index (χ1) is 10.8. The number of allylic oxidation sites excluding steroid dienone is 2. The van der Waals surface area contributed by atoms with Gasteiger partial charge in [0.05, 0.1) is 18.2 Å². The van der Waals surface area contributed by atoms with Crippen molar-refractivity contribution in [2.45, 2.75) is 41.2 Å². The quantitative estimate of drug-likeness (QED) is 0.879. The van der Waals surface area contributed by atoms with Gasteiger partial charge >= 0.3 is 0 Å². The lowest BCUT2D eigenvalue weighted by molar-refractivity contribution is -0.123. The van der Waals surface area contributed by atoms with Crippen LogP contribution < -0.4 is 5.32 Å². The van der Waals surface area contributed by atoms with E-state index in [1.54, 1.807) is 0 Å². The molecule has 1 saturated carbocycles. The Morgan fingerprint density at radius 1 is 1.35 bits per heavy atom. The Morgan fingerprint density at radius 3 is 2.78 bits per heavy atom. The van der Waals surface area contributed by atoms with E-state index in [0.717, 1.165) is 11.3 Å². The number of hydrogen-bond acceptors (Lipinski definition) is 2. The van der Waals surface area contributed by atoms with E-state index in [1.165, 1.54) is 11.1 Å². The summed E-state index contributed by atoms with van der Waals surface area (Å²) in [7, 11) is 0. The maximum atomic E-state index is 12.5. The van der Waals surface area contributed by atoms with Crippen LogP contribution in [0.3, 0.4) is 0 Å². The van der Waals surface area contributed by atoms with Crippen molar-refractivity contribution in [3.63, 3.8) is 0 Å². The minimum atomic E-state index is 0.0530. The van der Waals surface area contributed by atoms with Gasteiger partial charge in [-0.15, -0.1) is 0 Å². The first kappa shape index (κ1) is 15.8. The number of nitrogens with zero attached hydrogens (tertiary/aromatic N) is 2. The van der Waals surface area contributed by atoms with Gasteiger partial charge in [0.15, 0.2) is 0 Å². The second kappa shape index (κ2) is 5.52. The molecule has 0 saturated heterocycles. The zero-order valence-electron chi connectivity index (χ0n) is 14.6. The summed E-state index contributed by atoms with van der Waals surface area (Å²) < 4.78 is 2.00. The maximum Gasteiger partial charge on any atom is 0.224 e. The Bertz CT molecular complexity index is 781. The molecule has 1 fully saturated rings. The van der Waals surface area contributed by atoms with Crippen LogP contribution in [-0.2, 0) is 11.3 Å². The Labute approximate surface area is 137 Å². The predicted molar refractivity (Wildman–Crippen MR) is 92.0 cm³/mol. The van der Waals surface area contributed by atoms with Crippen molar-refractivity contribution in [2.75, 3.05) is 0 Å². The fraction of sp³-hybridized carbons (Fsp3) is 0.474. The summed E-state index contributed by atoms with van der Waals surface area (Å²) in [6.45, 7) is 11.0. The average Bonchev–Trinajstić information content (AvgIpc) is 2.81. The first-order valence-corrected chi connectivity index (χ1v) is 8.16. The van der Waals surface area contributed by atoms with Crippen LogP contribution in [0.4, 0.5) is 0 Å². The van der Waals surface area contributed by atoms with Crippen LogP contribution in [0.25, 0.3) is 5.65 Å². The van der Waals surface area contributed by atoms with Crippen LogP contribution in [0, 0.1) is 24.2 Å². The van der Waals surface area contributed by atoms with Gasteiger partial charge in [0.2, 0.25) is 5.91 Å². The summed E-state index contributed by atoms with van der Waals surface area (Å²) >= 11 is 0. The third kappa shape index (κ3) is 3.03. The molecule has 0 aromatic carbocycles. The average molecular weight is 311 g/mol. The molecule has 4 heteroatoms. The number of amides is 1. The Morgan fingerprint density at radius 2 is 2.09 bits per heavy atom. The largest absolute Gasteiger partial charge is 0.350 e. The highest BCUT2D eigenvalue weighted by atomic mass is 16.2. The summed E-state index contributed by atoms with van der Waals surface area (Å²) in [4.78, 5) is 17.0. The molecule has 2 heterocycles. The number of imidazole rings is 1. The van der Waals surface area contributed by atoms with Gasteiger partial charge in [-0.1, -0.05) is 31.6 Å². The highest BCUT2D eigenvalue weighted by molar-refractivity contribution is 5.83. The first-order valence-electron chi connectivity index (χ1n) is 8.16. The Balaban J connectivity index is 1.66. The van der Waals surface area contributed by atoms with Crippen molar-refractivity contribution < 1.29 is 4.79 Å². The van der Waals surface area contributed by atoms with E-state index in [2.05, 4.69) is 51.0 Å². The number of rotatable bonds is 4. The van der Waals surface area contributed by atoms with Crippen molar-refractivity contribution in [3.8, 4) is 0 Å². The summed E-state index contributed by atoms with van der Waals surface area (Å²) in [5.41, 5.74) is 4.32. The van der Waals surface area contributed by atoms with E-state index in [-0.39, 0.29) is 17.2 Å². The lowest BCUT2D eigenvalue weighted by atomic mass is 10.1. The molecular weight excluding hydrogens is 286 g/mol. The van der Waals surface area contributed by atoms with Crippen LogP contribution in [0.1, 0.15) is 39.0 Å². The maximum absolute atomic E-state index is 12.5. The Hall–Kier alpha value is -2.10. The van der Waals surface area contributed by atoms with E-state index in [0.29, 0.717) is 12.5 Å². The lowest BCUT2D eigenvalue weighted by Gasteiger charge is -2.04. The monoisotopic (exact) mass is 311 g/mol. The van der Waals surface area contributed by atoms with Crippen LogP contribution >= 0.6 is 0 Å². The number of carbonyl (C=O) groups is 1. The van der Waals surface area contributed by atoms with Crippen LogP contribution in [0.15, 0.2) is 36.2 Å². The minimum absolute atomic E-state index is 0.0530. The number of pyridine rings is 1. The van der Waals surface area contributed by atoms with Crippen LogP contribution in [-0.4, -0.2) is 15.3 Å². The van der Waals surface area contributed by atoms with Crippen molar-refractivity contribution in [1.82, 2.24) is 14.7 Å². The van der Waals surface area contributed by atoms with Gasteiger partial charge in [0.25, 0.3) is 0 Å². The van der Waals surface area contributed by atoms with E-state index in [1.807, 2.05) is 28.9 Å². The second-order valence-corrected chi connectivity index (χ2v) is 7.49. The molecule has 2 atom stereocenters. The number of aromatic nitrogens is 2. The van der Waals surface area contributed by atoms with Gasteiger partial charge in [-0.05, 0) is 43.7 Å². The van der Waals surface area contributed by atoms with E-state index >= 15 is 0 Å². The summed E-state index contributed by atoms with van der Waals surface area (Å²) in [6.07, 6.45) is 6.24. The summed E-state index contributed by atoms with van der Waals surface area (Å²) in [6, 6.07) is 4.04. The molecule has 2 aromatic rings. The van der Waals surface area contributed by atoms with E-state index in [4.69, 9.17) is 0 Å². The number of hydrogen-bond donors (Lipinski definition) is 1. The van der Waals surface area contributed by atoms with Gasteiger partial charge in [0.1, 0.15) is 5.65 Å². The third-order valence-electron chi connectivity index (χ3n) is 4.80. The molecule has 1 aliphatic rings. The number of nitrogens with one attached hydrogen (secondary N) is 1. The zero-order chi connectivity index (χ0) is 16.8. The van der Waals surface area contributed by atoms with Crippen LogP contribution in [0.2, 0.25) is 0 Å². The highest BCUT2D eigenvalue weighted by Gasteiger charge is 2.60. The standard InChI is InChI=1S/C19H25N3O/c1-12(2)8-15-17(19(15,4)5)18(23)20-9-14-11-22-10-13(3)6-7-16(22)21-14/h6-8,10-11,15,17H,9H2,1-5H3,(H,20,23)/t15-,17+/m1/s1. The third-order valence-corrected chi connectivity index (χ3v) is 4.80. The van der Waals surface area contributed by atoms with Gasteiger partial charge in [0, 0.05) is 12.4 Å². The molecule has 1 aliphatic carbocycles. The van der Waals surface area contributed by atoms with Gasteiger partial charge in [-0.25, -0.2) is 4.98 Å². The molecular formula is C19H25N3O. The second-order valence-electron chi connectivity index (χ2n) is 7.49. The van der Waals surface area contributed by atoms with Gasteiger partial charge in [-0.3, -0.25) is 4.79 Å². The number of carbonyl (C=O) groups excluding carboxylic acids is 1. The molecule has 0 bridgehead atoms. The van der Waals surface area contributed by atoms with Crippen molar-refractivity contribution in [1.29, 1.82) is 0 Å². The molecule has 1 N–H and O–H groups in total. The molecule has 1 amide bonds.